The van der Waals surface area contributed by atoms with Crippen molar-refractivity contribution in [1.82, 2.24) is 9.55 Å². The summed E-state index contributed by atoms with van der Waals surface area (Å²) in [6.45, 7) is 5.37. The van der Waals surface area contributed by atoms with Crippen molar-refractivity contribution in [2.24, 2.45) is 0 Å². The van der Waals surface area contributed by atoms with E-state index < -0.39 is 0 Å². The van der Waals surface area contributed by atoms with Crippen molar-refractivity contribution in [3.8, 4) is 0 Å². The van der Waals surface area contributed by atoms with Crippen molar-refractivity contribution in [3.05, 3.63) is 48.2 Å². The standard InChI is InChI=1S/C17H16N2/c1-3-19-15-6-4-11(2)10-13(15)17-12-8-9-18-14(12)5-7-16(17)19/h4-10,18H,3H2,1-2H3. The summed E-state index contributed by atoms with van der Waals surface area (Å²) < 4.78 is 2.40. The van der Waals surface area contributed by atoms with Crippen molar-refractivity contribution < 1.29 is 0 Å². The molecule has 2 heteroatoms. The van der Waals surface area contributed by atoms with E-state index >= 15 is 0 Å². The van der Waals surface area contributed by atoms with Gasteiger partial charge in [-0.25, -0.2) is 0 Å². The number of rotatable bonds is 1. The van der Waals surface area contributed by atoms with Gasteiger partial charge in [0.15, 0.2) is 0 Å². The molecular weight excluding hydrogens is 232 g/mol. The highest BCUT2D eigenvalue weighted by atomic mass is 15.0. The maximum Gasteiger partial charge on any atom is 0.0498 e. The zero-order valence-corrected chi connectivity index (χ0v) is 11.2. The van der Waals surface area contributed by atoms with E-state index in [4.69, 9.17) is 0 Å². The molecule has 19 heavy (non-hydrogen) atoms. The molecule has 0 aliphatic rings. The minimum absolute atomic E-state index is 0.999. The van der Waals surface area contributed by atoms with Gasteiger partial charge >= 0.3 is 0 Å². The highest BCUT2D eigenvalue weighted by molar-refractivity contribution is 6.20. The Morgan fingerprint density at radius 1 is 1.00 bits per heavy atom. The van der Waals surface area contributed by atoms with Gasteiger partial charge in [0.05, 0.1) is 0 Å². The van der Waals surface area contributed by atoms with Crippen LogP contribution in [0.25, 0.3) is 32.7 Å². The Hall–Kier alpha value is -2.22. The molecular formula is C17H16N2. The zero-order chi connectivity index (χ0) is 13.0. The van der Waals surface area contributed by atoms with E-state index in [1.807, 2.05) is 6.20 Å². The molecule has 2 heterocycles. The summed E-state index contributed by atoms with van der Waals surface area (Å²) in [5.74, 6) is 0. The normalized spacial score (nSPS) is 11.9. The number of hydrogen-bond donors (Lipinski definition) is 1. The molecule has 2 nitrogen and oxygen atoms in total. The summed E-state index contributed by atoms with van der Waals surface area (Å²) in [6, 6.07) is 13.3. The molecule has 1 N–H and O–H groups in total. The van der Waals surface area contributed by atoms with Crippen LogP contribution in [0.3, 0.4) is 0 Å². The number of nitrogens with zero attached hydrogens (tertiary/aromatic N) is 1. The monoisotopic (exact) mass is 248 g/mol. The van der Waals surface area contributed by atoms with Gasteiger partial charge in [-0.2, -0.15) is 0 Å². The third kappa shape index (κ3) is 1.31. The van der Waals surface area contributed by atoms with Crippen molar-refractivity contribution in [3.63, 3.8) is 0 Å². The molecule has 4 aromatic rings. The smallest absolute Gasteiger partial charge is 0.0498 e. The topological polar surface area (TPSA) is 20.7 Å². The molecule has 2 aromatic carbocycles. The Balaban J connectivity index is 2.37. The SMILES string of the molecule is CCn1c2ccc(C)cc2c2c3cc[nH]c3ccc21. The van der Waals surface area contributed by atoms with Crippen molar-refractivity contribution >= 4 is 32.7 Å². The molecule has 0 saturated heterocycles. The lowest BCUT2D eigenvalue weighted by atomic mass is 10.1. The number of hydrogen-bond acceptors (Lipinski definition) is 0. The van der Waals surface area contributed by atoms with Crippen LogP contribution in [0.4, 0.5) is 0 Å². The van der Waals surface area contributed by atoms with Crippen LogP contribution < -0.4 is 0 Å². The summed E-state index contributed by atoms with van der Waals surface area (Å²) in [7, 11) is 0. The molecule has 4 rings (SSSR count). The van der Waals surface area contributed by atoms with E-state index in [-0.39, 0.29) is 0 Å². The van der Waals surface area contributed by atoms with Crippen LogP contribution in [0.2, 0.25) is 0 Å². The van der Waals surface area contributed by atoms with Crippen LogP contribution in [-0.4, -0.2) is 9.55 Å². The summed E-state index contributed by atoms with van der Waals surface area (Å²) in [5.41, 5.74) is 5.19. The number of nitrogens with one attached hydrogen (secondary N) is 1. The van der Waals surface area contributed by atoms with Gasteiger partial charge in [0.2, 0.25) is 0 Å². The van der Waals surface area contributed by atoms with E-state index in [2.05, 4.69) is 59.8 Å². The average Bonchev–Trinajstić information content (AvgIpc) is 2.99. The maximum atomic E-state index is 3.31. The molecule has 0 bridgehead atoms. The lowest BCUT2D eigenvalue weighted by molar-refractivity contribution is 0.827. The second kappa shape index (κ2) is 3.64. The Morgan fingerprint density at radius 2 is 1.84 bits per heavy atom. The zero-order valence-electron chi connectivity index (χ0n) is 11.2. The van der Waals surface area contributed by atoms with E-state index in [1.54, 1.807) is 0 Å². The number of H-pyrrole nitrogens is 1. The van der Waals surface area contributed by atoms with Gasteiger partial charge in [-0.05, 0) is 44.2 Å². The molecule has 0 aliphatic heterocycles. The first kappa shape index (κ1) is 10.7. The third-order valence-corrected chi connectivity index (χ3v) is 4.03. The fourth-order valence-corrected chi connectivity index (χ4v) is 3.19. The van der Waals surface area contributed by atoms with Crippen LogP contribution in [0.1, 0.15) is 12.5 Å². The first-order valence-electron chi connectivity index (χ1n) is 6.78. The second-order valence-electron chi connectivity index (χ2n) is 5.16. The number of benzene rings is 2. The predicted molar refractivity (Wildman–Crippen MR) is 81.7 cm³/mol. The Labute approximate surface area is 111 Å². The number of aryl methyl sites for hydroxylation is 2. The van der Waals surface area contributed by atoms with Gasteiger partial charge in [0.1, 0.15) is 0 Å². The summed E-state index contributed by atoms with van der Waals surface area (Å²) in [5, 5.41) is 4.06. The predicted octanol–water partition coefficient (Wildman–Crippen LogP) is 4.60. The van der Waals surface area contributed by atoms with E-state index in [1.165, 1.54) is 38.3 Å². The number of aromatic nitrogens is 2. The summed E-state index contributed by atoms with van der Waals surface area (Å²) >= 11 is 0. The highest BCUT2D eigenvalue weighted by Crippen LogP contribution is 2.34. The van der Waals surface area contributed by atoms with Gasteiger partial charge in [-0.1, -0.05) is 11.6 Å². The Bertz CT molecular complexity index is 909. The highest BCUT2D eigenvalue weighted by Gasteiger charge is 2.12. The molecule has 2 aromatic heterocycles. The second-order valence-corrected chi connectivity index (χ2v) is 5.16. The molecule has 94 valence electrons. The van der Waals surface area contributed by atoms with Crippen molar-refractivity contribution in [2.45, 2.75) is 20.4 Å². The van der Waals surface area contributed by atoms with Crippen molar-refractivity contribution in [2.75, 3.05) is 0 Å². The molecule has 0 unspecified atom stereocenters. The molecule has 0 atom stereocenters. The lowest BCUT2D eigenvalue weighted by Crippen LogP contribution is -1.92. The molecule has 0 radical (unpaired) electrons. The minimum Gasteiger partial charge on any atom is -0.361 e. The van der Waals surface area contributed by atoms with E-state index in [0.717, 1.165) is 6.54 Å². The van der Waals surface area contributed by atoms with Crippen molar-refractivity contribution in [1.29, 1.82) is 0 Å². The number of fused-ring (bicyclic) bond motifs is 5. The van der Waals surface area contributed by atoms with Gasteiger partial charge in [0, 0.05) is 45.5 Å². The largest absolute Gasteiger partial charge is 0.361 e. The minimum atomic E-state index is 0.999. The van der Waals surface area contributed by atoms with Gasteiger partial charge in [-0.15, -0.1) is 0 Å². The Kier molecular flexibility index (Phi) is 2.05. The van der Waals surface area contributed by atoms with Crippen LogP contribution in [0.5, 0.6) is 0 Å². The lowest BCUT2D eigenvalue weighted by Gasteiger charge is -2.02. The van der Waals surface area contributed by atoms with Gasteiger partial charge in [-0.3, -0.25) is 0 Å². The molecule has 0 saturated carbocycles. The van der Waals surface area contributed by atoms with Gasteiger partial charge in [0.25, 0.3) is 0 Å². The molecule has 0 aliphatic carbocycles. The van der Waals surface area contributed by atoms with E-state index in [9.17, 15) is 0 Å². The van der Waals surface area contributed by atoms with E-state index in [0.29, 0.717) is 0 Å². The molecule has 0 amide bonds. The average molecular weight is 248 g/mol. The summed E-state index contributed by atoms with van der Waals surface area (Å²) in [6.07, 6.45) is 2.02. The maximum absolute atomic E-state index is 3.31. The number of aromatic amines is 1. The van der Waals surface area contributed by atoms with Crippen LogP contribution in [0, 0.1) is 6.92 Å². The fourth-order valence-electron chi connectivity index (χ4n) is 3.19. The first-order chi connectivity index (χ1) is 9.29. The molecule has 0 spiro atoms. The first-order valence-corrected chi connectivity index (χ1v) is 6.78. The Morgan fingerprint density at radius 3 is 2.68 bits per heavy atom. The quantitative estimate of drug-likeness (QED) is 0.508. The fraction of sp³-hybridized carbons (Fsp3) is 0.176. The third-order valence-electron chi connectivity index (χ3n) is 4.03. The van der Waals surface area contributed by atoms with Gasteiger partial charge < -0.3 is 9.55 Å². The summed E-state index contributed by atoms with van der Waals surface area (Å²) in [4.78, 5) is 3.31. The van der Waals surface area contributed by atoms with Crippen LogP contribution in [0.15, 0.2) is 42.6 Å². The van der Waals surface area contributed by atoms with Crippen LogP contribution in [-0.2, 0) is 6.54 Å². The molecule has 0 fully saturated rings. The van der Waals surface area contributed by atoms with Crippen LogP contribution >= 0.6 is 0 Å².